The molecule has 0 unspecified atom stereocenters. The molecule has 22 heavy (non-hydrogen) atoms. The minimum absolute atomic E-state index is 0.176. The van der Waals surface area contributed by atoms with Gasteiger partial charge in [-0.2, -0.15) is 0 Å². The summed E-state index contributed by atoms with van der Waals surface area (Å²) in [6.45, 7) is 12.2. The molecule has 0 aromatic heterocycles. The summed E-state index contributed by atoms with van der Waals surface area (Å²) in [5, 5.41) is 0. The Morgan fingerprint density at radius 2 is 1.68 bits per heavy atom. The van der Waals surface area contributed by atoms with Gasteiger partial charge in [-0.15, -0.1) is 0 Å². The Labute approximate surface area is 136 Å². The van der Waals surface area contributed by atoms with Crippen LogP contribution in [0.3, 0.4) is 0 Å². The average Bonchev–Trinajstić information content (AvgIpc) is 2.50. The van der Waals surface area contributed by atoms with E-state index in [4.69, 9.17) is 13.6 Å². The smallest absolute Gasteiger partial charge is 0.397 e. The lowest BCUT2D eigenvalue weighted by molar-refractivity contribution is 0.00798. The molecule has 1 aromatic carbocycles. The van der Waals surface area contributed by atoms with Crippen molar-refractivity contribution in [3.05, 3.63) is 28.8 Å². The van der Waals surface area contributed by atoms with Crippen molar-refractivity contribution < 1.29 is 13.6 Å². The number of benzene rings is 1. The van der Waals surface area contributed by atoms with Crippen molar-refractivity contribution in [3.8, 4) is 5.75 Å². The Kier molecular flexibility index (Phi) is 6.26. The number of hydrogen-bond acceptors (Lipinski definition) is 3. The van der Waals surface area contributed by atoms with E-state index >= 15 is 0 Å². The molecule has 2 rings (SSSR count). The van der Waals surface area contributed by atoms with Crippen molar-refractivity contribution in [2.45, 2.75) is 60.3 Å². The monoisotopic (exact) mass is 324 g/mol. The predicted octanol–water partition coefficient (Wildman–Crippen LogP) is 5.85. The number of hydrogen-bond donors (Lipinski definition) is 0. The van der Waals surface area contributed by atoms with Gasteiger partial charge in [0.25, 0.3) is 0 Å². The zero-order chi connectivity index (χ0) is 16.2. The van der Waals surface area contributed by atoms with Crippen molar-refractivity contribution in [1.82, 2.24) is 0 Å². The van der Waals surface area contributed by atoms with Crippen LogP contribution < -0.4 is 4.52 Å². The Morgan fingerprint density at radius 3 is 2.18 bits per heavy atom. The Balaban J connectivity index is 1.98. The quantitative estimate of drug-likeness (QED) is 0.614. The van der Waals surface area contributed by atoms with Crippen LogP contribution in [-0.2, 0) is 9.05 Å². The first-order valence-electron chi connectivity index (χ1n) is 8.31. The molecule has 0 spiro atoms. The second-order valence-corrected chi connectivity index (χ2v) is 7.69. The summed E-state index contributed by atoms with van der Waals surface area (Å²) < 4.78 is 17.9. The van der Waals surface area contributed by atoms with Gasteiger partial charge in [-0.3, -0.25) is 0 Å². The highest BCUT2D eigenvalue weighted by Gasteiger charge is 2.37. The second kappa shape index (κ2) is 7.77. The fourth-order valence-corrected chi connectivity index (χ4v) is 4.35. The molecule has 0 bridgehead atoms. The number of rotatable bonds is 6. The molecule has 0 radical (unpaired) electrons. The molecule has 1 aliphatic heterocycles. The molecular formula is C18H29O3P. The molecular weight excluding hydrogens is 295 g/mol. The average molecular weight is 324 g/mol. The van der Waals surface area contributed by atoms with Gasteiger partial charge in [-0.1, -0.05) is 44.4 Å². The molecule has 3 nitrogen and oxygen atoms in total. The molecule has 0 aliphatic carbocycles. The van der Waals surface area contributed by atoms with Gasteiger partial charge in [0.2, 0.25) is 0 Å². The minimum atomic E-state index is -1.27. The first kappa shape index (κ1) is 17.7. The topological polar surface area (TPSA) is 27.7 Å². The van der Waals surface area contributed by atoms with E-state index in [1.165, 1.54) is 24.8 Å². The van der Waals surface area contributed by atoms with Gasteiger partial charge in [0.1, 0.15) is 5.75 Å². The van der Waals surface area contributed by atoms with Crippen molar-refractivity contribution in [3.63, 3.8) is 0 Å². The van der Waals surface area contributed by atoms with Gasteiger partial charge in [0, 0.05) is 5.41 Å². The highest BCUT2D eigenvalue weighted by Crippen LogP contribution is 2.50. The molecule has 4 heteroatoms. The van der Waals surface area contributed by atoms with Gasteiger partial charge in [0.05, 0.1) is 13.2 Å². The zero-order valence-corrected chi connectivity index (χ0v) is 15.5. The largest absolute Gasteiger partial charge is 0.426 e. The predicted molar refractivity (Wildman–Crippen MR) is 92.4 cm³/mol. The summed E-state index contributed by atoms with van der Waals surface area (Å²) in [5.74, 6) is 0.911. The van der Waals surface area contributed by atoms with Gasteiger partial charge in [-0.25, -0.2) is 0 Å². The third kappa shape index (κ3) is 4.22. The maximum absolute atomic E-state index is 6.03. The third-order valence-corrected chi connectivity index (χ3v) is 5.54. The maximum atomic E-state index is 6.03. The fraction of sp³-hybridized carbons (Fsp3) is 0.667. The third-order valence-electron chi connectivity index (χ3n) is 4.53. The highest BCUT2D eigenvalue weighted by molar-refractivity contribution is 7.42. The van der Waals surface area contributed by atoms with Crippen LogP contribution in [0.1, 0.15) is 56.2 Å². The molecule has 124 valence electrons. The fourth-order valence-electron chi connectivity index (χ4n) is 2.97. The van der Waals surface area contributed by atoms with E-state index in [0.29, 0.717) is 0 Å². The molecule has 1 heterocycles. The molecule has 0 atom stereocenters. The summed E-state index contributed by atoms with van der Waals surface area (Å²) in [4.78, 5) is 0. The molecule has 0 saturated carbocycles. The Bertz CT molecular complexity index is 470. The first-order valence-corrected chi connectivity index (χ1v) is 9.41. The van der Waals surface area contributed by atoms with Crippen LogP contribution in [0.4, 0.5) is 0 Å². The number of unbranched alkanes of at least 4 members (excludes halogenated alkanes) is 1. The first-order chi connectivity index (χ1) is 10.5. The minimum Gasteiger partial charge on any atom is -0.426 e. The van der Waals surface area contributed by atoms with Crippen molar-refractivity contribution in [2.75, 3.05) is 13.2 Å². The molecule has 0 amide bonds. The summed E-state index contributed by atoms with van der Waals surface area (Å²) in [5.41, 5.74) is 3.72. The molecule has 0 N–H and O–H groups in total. The highest BCUT2D eigenvalue weighted by atomic mass is 31.2. The molecule has 1 aromatic rings. The van der Waals surface area contributed by atoms with E-state index in [0.717, 1.165) is 36.5 Å². The summed E-state index contributed by atoms with van der Waals surface area (Å²) in [6.07, 6.45) is 4.72. The van der Waals surface area contributed by atoms with Crippen LogP contribution in [0.5, 0.6) is 5.75 Å². The SMILES string of the molecule is CCCCC1(CC)COP(Oc2c(C)cc(C)cc2C)OC1. The lowest BCUT2D eigenvalue weighted by Gasteiger charge is -2.38. The van der Waals surface area contributed by atoms with Crippen molar-refractivity contribution in [2.24, 2.45) is 5.41 Å². The molecule has 1 saturated heterocycles. The number of aryl methyl sites for hydroxylation is 3. The van der Waals surface area contributed by atoms with Crippen molar-refractivity contribution >= 4 is 8.60 Å². The summed E-state index contributed by atoms with van der Waals surface area (Å²) >= 11 is 0. The summed E-state index contributed by atoms with van der Waals surface area (Å²) in [7, 11) is -1.27. The van der Waals surface area contributed by atoms with Crippen LogP contribution in [0.15, 0.2) is 12.1 Å². The molecule has 1 aliphatic rings. The van der Waals surface area contributed by atoms with Crippen LogP contribution in [0.25, 0.3) is 0 Å². The maximum Gasteiger partial charge on any atom is 0.397 e. The van der Waals surface area contributed by atoms with Gasteiger partial charge >= 0.3 is 8.60 Å². The summed E-state index contributed by atoms with van der Waals surface area (Å²) in [6, 6.07) is 4.28. The standard InChI is InChI=1S/C18H29O3P/c1-6-8-9-18(7-2)12-19-22(20-13-18)21-17-15(4)10-14(3)11-16(17)5/h10-11H,6-9,12-13H2,1-5H3. The van der Waals surface area contributed by atoms with Crippen LogP contribution in [-0.4, -0.2) is 13.2 Å². The van der Waals surface area contributed by atoms with E-state index in [1.54, 1.807) is 0 Å². The van der Waals surface area contributed by atoms with E-state index in [9.17, 15) is 0 Å². The van der Waals surface area contributed by atoms with Gasteiger partial charge in [-0.05, 0) is 44.7 Å². The van der Waals surface area contributed by atoms with E-state index < -0.39 is 8.60 Å². The van der Waals surface area contributed by atoms with Crippen LogP contribution in [0, 0.1) is 26.2 Å². The van der Waals surface area contributed by atoms with E-state index in [2.05, 4.69) is 46.8 Å². The van der Waals surface area contributed by atoms with E-state index in [1.807, 2.05) is 0 Å². The molecule has 1 fully saturated rings. The second-order valence-electron chi connectivity index (χ2n) is 6.55. The van der Waals surface area contributed by atoms with E-state index in [-0.39, 0.29) is 5.41 Å². The van der Waals surface area contributed by atoms with Gasteiger partial charge in [0.15, 0.2) is 0 Å². The lowest BCUT2D eigenvalue weighted by Crippen LogP contribution is -2.34. The Morgan fingerprint density at radius 1 is 1.09 bits per heavy atom. The van der Waals surface area contributed by atoms with Crippen LogP contribution in [0.2, 0.25) is 0 Å². The van der Waals surface area contributed by atoms with Gasteiger partial charge < -0.3 is 13.6 Å². The zero-order valence-electron chi connectivity index (χ0n) is 14.6. The Hall–Kier alpha value is -0.630. The lowest BCUT2D eigenvalue weighted by atomic mass is 9.82. The normalized spacial score (nSPS) is 25.2. The van der Waals surface area contributed by atoms with Crippen molar-refractivity contribution in [1.29, 1.82) is 0 Å². The van der Waals surface area contributed by atoms with Crippen LogP contribution >= 0.6 is 8.60 Å².